The van der Waals surface area contributed by atoms with Crippen LogP contribution in [0.4, 0.5) is 0 Å². The Morgan fingerprint density at radius 3 is 1.74 bits per heavy atom. The molecule has 0 saturated heterocycles. The first-order valence-electron chi connectivity index (χ1n) is 5.86. The van der Waals surface area contributed by atoms with Crippen molar-refractivity contribution in [2.45, 2.75) is 38.9 Å². The Kier molecular flexibility index (Phi) is 7.69. The van der Waals surface area contributed by atoms with Gasteiger partial charge in [-0.25, -0.2) is 4.18 Å². The van der Waals surface area contributed by atoms with E-state index in [1.165, 1.54) is 0 Å². The van der Waals surface area contributed by atoms with Gasteiger partial charge in [-0.2, -0.15) is 16.8 Å². The molecule has 0 aromatic heterocycles. The minimum absolute atomic E-state index is 0.0195. The van der Waals surface area contributed by atoms with Crippen LogP contribution in [0.25, 0.3) is 0 Å². The van der Waals surface area contributed by atoms with Crippen molar-refractivity contribution in [2.24, 2.45) is 0 Å². The lowest BCUT2D eigenvalue weighted by molar-refractivity contribution is 0.258. The Morgan fingerprint density at radius 1 is 0.842 bits per heavy atom. The molecule has 0 aliphatic heterocycles. The molecular weight excluding hydrogens is 312 g/mol. The largest absolute Gasteiger partial charge is 0.390 e. The molecular formula is C9H22O7S2Si. The smallest absolute Gasteiger partial charge is 0.294 e. The third kappa shape index (κ3) is 14.2. The summed E-state index contributed by atoms with van der Waals surface area (Å²) in [5.41, 5.74) is 0. The standard InChI is InChI=1S/C9H22O7S2Si/c1-17(10,11)14-8-6-5-7-9-15-18(12,13)16-19(2,3)4/h5-9H2,1-4H3. The molecule has 0 aliphatic carbocycles. The van der Waals surface area contributed by atoms with Gasteiger partial charge in [-0.15, -0.1) is 0 Å². The number of unbranched alkanes of at least 4 members (excludes halogenated alkanes) is 2. The minimum atomic E-state index is -3.92. The number of hydrogen-bond acceptors (Lipinski definition) is 7. The fourth-order valence-electron chi connectivity index (χ4n) is 1.08. The van der Waals surface area contributed by atoms with Gasteiger partial charge in [-0.1, -0.05) is 0 Å². The zero-order valence-electron chi connectivity index (χ0n) is 11.7. The van der Waals surface area contributed by atoms with Gasteiger partial charge in [-0.3, -0.25) is 8.06 Å². The summed E-state index contributed by atoms with van der Waals surface area (Å²) in [6, 6.07) is 0. The van der Waals surface area contributed by atoms with Crippen molar-refractivity contribution in [2.75, 3.05) is 19.5 Å². The highest BCUT2D eigenvalue weighted by Crippen LogP contribution is 2.10. The second-order valence-corrected chi connectivity index (χ2v) is 12.6. The van der Waals surface area contributed by atoms with E-state index in [4.69, 9.17) is 3.87 Å². The number of hydrogen-bond donors (Lipinski definition) is 0. The average Bonchev–Trinajstić information content (AvgIpc) is 2.10. The molecule has 0 fully saturated rings. The van der Waals surface area contributed by atoms with E-state index in [9.17, 15) is 16.8 Å². The van der Waals surface area contributed by atoms with Gasteiger partial charge >= 0.3 is 10.4 Å². The molecule has 0 saturated carbocycles. The third-order valence-electron chi connectivity index (χ3n) is 1.67. The van der Waals surface area contributed by atoms with Crippen molar-refractivity contribution >= 4 is 28.8 Å². The Labute approximate surface area is 116 Å². The first kappa shape index (κ1) is 19.0. The summed E-state index contributed by atoms with van der Waals surface area (Å²) in [7, 11) is -9.52. The lowest BCUT2D eigenvalue weighted by atomic mass is 10.2. The SMILES string of the molecule is C[Si](C)(C)OS(=O)(=O)OCCCCCOS(C)(=O)=O. The second kappa shape index (κ2) is 7.69. The molecule has 0 amide bonds. The summed E-state index contributed by atoms with van der Waals surface area (Å²) in [6.07, 6.45) is 2.60. The van der Waals surface area contributed by atoms with Crippen LogP contribution < -0.4 is 0 Å². The van der Waals surface area contributed by atoms with Gasteiger partial charge < -0.3 is 0 Å². The summed E-state index contributed by atoms with van der Waals surface area (Å²) >= 11 is 0. The van der Waals surface area contributed by atoms with Crippen molar-refractivity contribution in [3.63, 3.8) is 0 Å². The van der Waals surface area contributed by atoms with Crippen LogP contribution >= 0.6 is 0 Å². The van der Waals surface area contributed by atoms with E-state index in [0.29, 0.717) is 19.3 Å². The van der Waals surface area contributed by atoms with Crippen LogP contribution in [0.1, 0.15) is 19.3 Å². The van der Waals surface area contributed by atoms with Crippen LogP contribution in [-0.4, -0.2) is 44.6 Å². The summed E-state index contributed by atoms with van der Waals surface area (Å²) in [5, 5.41) is 0. The molecule has 0 aromatic rings. The van der Waals surface area contributed by atoms with E-state index in [1.54, 1.807) is 19.6 Å². The van der Waals surface area contributed by atoms with Gasteiger partial charge in [0, 0.05) is 0 Å². The Hall–Kier alpha value is -0.00312. The Bertz CT molecular complexity index is 449. The molecule has 19 heavy (non-hydrogen) atoms. The van der Waals surface area contributed by atoms with Crippen LogP contribution in [0.15, 0.2) is 0 Å². The topological polar surface area (TPSA) is 96.0 Å². The van der Waals surface area contributed by atoms with E-state index >= 15 is 0 Å². The Balaban J connectivity index is 3.70. The van der Waals surface area contributed by atoms with Gasteiger partial charge in [0.15, 0.2) is 0 Å². The van der Waals surface area contributed by atoms with Crippen LogP contribution in [0.2, 0.25) is 19.6 Å². The van der Waals surface area contributed by atoms with E-state index in [2.05, 4.69) is 8.37 Å². The normalized spacial score (nSPS) is 13.7. The molecule has 7 nitrogen and oxygen atoms in total. The Morgan fingerprint density at radius 2 is 1.32 bits per heavy atom. The number of rotatable bonds is 10. The van der Waals surface area contributed by atoms with Gasteiger partial charge in [0.05, 0.1) is 19.5 Å². The molecule has 0 N–H and O–H groups in total. The van der Waals surface area contributed by atoms with E-state index < -0.39 is 28.8 Å². The maximum absolute atomic E-state index is 11.4. The fourth-order valence-corrected chi connectivity index (χ4v) is 4.47. The molecule has 0 rings (SSSR count). The lowest BCUT2D eigenvalue weighted by Gasteiger charge is -2.15. The highest BCUT2D eigenvalue weighted by atomic mass is 32.3. The summed E-state index contributed by atoms with van der Waals surface area (Å²) in [4.78, 5) is 0. The van der Waals surface area contributed by atoms with Crippen LogP contribution in [-0.2, 0) is 32.8 Å². The molecule has 0 aliphatic rings. The maximum Gasteiger partial charge on any atom is 0.390 e. The predicted octanol–water partition coefficient (Wildman–Crippen LogP) is 1.25. The van der Waals surface area contributed by atoms with Crippen molar-refractivity contribution in [3.8, 4) is 0 Å². The molecule has 0 aromatic carbocycles. The van der Waals surface area contributed by atoms with Crippen LogP contribution in [0, 0.1) is 0 Å². The maximum atomic E-state index is 11.4. The lowest BCUT2D eigenvalue weighted by Crippen LogP contribution is -2.30. The quantitative estimate of drug-likeness (QED) is 0.337. The van der Waals surface area contributed by atoms with Crippen molar-refractivity contribution < 1.29 is 29.1 Å². The van der Waals surface area contributed by atoms with Gasteiger partial charge in [0.2, 0.25) is 8.32 Å². The first-order valence-corrected chi connectivity index (χ1v) is 12.4. The highest BCUT2D eigenvalue weighted by Gasteiger charge is 2.24. The monoisotopic (exact) mass is 334 g/mol. The molecule has 0 radical (unpaired) electrons. The van der Waals surface area contributed by atoms with Crippen molar-refractivity contribution in [1.29, 1.82) is 0 Å². The average molecular weight is 334 g/mol. The van der Waals surface area contributed by atoms with Crippen molar-refractivity contribution in [3.05, 3.63) is 0 Å². The predicted molar refractivity (Wildman–Crippen MR) is 73.9 cm³/mol. The molecule has 116 valence electrons. The summed E-state index contributed by atoms with van der Waals surface area (Å²) < 4.78 is 58.1. The van der Waals surface area contributed by atoms with Gasteiger partial charge in [-0.05, 0) is 38.9 Å². The van der Waals surface area contributed by atoms with E-state index in [1.807, 2.05) is 0 Å². The molecule has 10 heteroatoms. The summed E-state index contributed by atoms with van der Waals surface area (Å²) in [5.74, 6) is 0. The van der Waals surface area contributed by atoms with Gasteiger partial charge in [0.25, 0.3) is 10.1 Å². The van der Waals surface area contributed by atoms with E-state index in [-0.39, 0.29) is 13.2 Å². The molecule has 0 atom stereocenters. The molecule has 0 unspecified atom stereocenters. The fraction of sp³-hybridized carbons (Fsp3) is 1.00. The van der Waals surface area contributed by atoms with Gasteiger partial charge in [0.1, 0.15) is 0 Å². The molecule has 0 bridgehead atoms. The van der Waals surface area contributed by atoms with Crippen LogP contribution in [0.3, 0.4) is 0 Å². The zero-order valence-corrected chi connectivity index (χ0v) is 14.3. The molecule has 0 spiro atoms. The first-order chi connectivity index (χ1) is 8.41. The molecule has 0 heterocycles. The highest BCUT2D eigenvalue weighted by molar-refractivity contribution is 7.86. The van der Waals surface area contributed by atoms with Crippen molar-refractivity contribution in [1.82, 2.24) is 0 Å². The minimum Gasteiger partial charge on any atom is -0.294 e. The summed E-state index contributed by atoms with van der Waals surface area (Å²) in [6.45, 7) is 5.35. The second-order valence-electron chi connectivity index (χ2n) is 5.01. The van der Waals surface area contributed by atoms with Crippen LogP contribution in [0.5, 0.6) is 0 Å². The third-order valence-corrected chi connectivity index (χ3v) is 5.53. The van der Waals surface area contributed by atoms with E-state index in [0.717, 1.165) is 6.26 Å². The zero-order chi connectivity index (χ0) is 15.2.